The molecule has 0 radical (unpaired) electrons. The number of ether oxygens (including phenoxy) is 1. The number of hydrogen-bond donors (Lipinski definition) is 0. The third-order valence-corrected chi connectivity index (χ3v) is 3.97. The number of hydrogen-bond acceptors (Lipinski definition) is 4. The van der Waals surface area contributed by atoms with Gasteiger partial charge >= 0.3 is 5.97 Å². The third-order valence-electron chi connectivity index (χ3n) is 3.97. The molecule has 1 aliphatic heterocycles. The van der Waals surface area contributed by atoms with Crippen molar-refractivity contribution in [2.75, 3.05) is 18.6 Å². The van der Waals surface area contributed by atoms with Crippen LogP contribution < -0.4 is 4.90 Å². The van der Waals surface area contributed by atoms with Gasteiger partial charge in [-0.25, -0.2) is 9.78 Å². The zero-order valence-electron chi connectivity index (χ0n) is 12.7. The molecule has 0 aliphatic carbocycles. The highest BCUT2D eigenvalue weighted by Crippen LogP contribution is 2.32. The van der Waals surface area contributed by atoms with Crippen LogP contribution in [0.2, 0.25) is 0 Å². The third kappa shape index (κ3) is 2.60. The maximum absolute atomic E-state index is 11.6. The first kappa shape index (κ1) is 14.3. The first-order chi connectivity index (χ1) is 10.7. The molecule has 1 atom stereocenters. The molecule has 4 nitrogen and oxygen atoms in total. The molecule has 3 rings (SSSR count). The van der Waals surface area contributed by atoms with Crippen LogP contribution in [0.25, 0.3) is 6.08 Å². The Bertz CT molecular complexity index is 710. The van der Waals surface area contributed by atoms with Gasteiger partial charge in [0.15, 0.2) is 0 Å². The molecule has 0 saturated heterocycles. The second-order valence-corrected chi connectivity index (χ2v) is 5.26. The summed E-state index contributed by atoms with van der Waals surface area (Å²) in [6.07, 6.45) is 5.88. The number of rotatable bonds is 3. The van der Waals surface area contributed by atoms with E-state index in [0.29, 0.717) is 5.69 Å². The lowest BCUT2D eigenvalue weighted by Crippen LogP contribution is -2.29. The Morgan fingerprint density at radius 2 is 2.09 bits per heavy atom. The molecule has 1 aliphatic rings. The van der Waals surface area contributed by atoms with Gasteiger partial charge in [0.25, 0.3) is 0 Å². The molecule has 1 aromatic carbocycles. The molecule has 0 spiro atoms. The summed E-state index contributed by atoms with van der Waals surface area (Å²) < 4.78 is 4.73. The van der Waals surface area contributed by atoms with Crippen molar-refractivity contribution in [2.24, 2.45) is 0 Å². The van der Waals surface area contributed by atoms with Gasteiger partial charge in [-0.15, -0.1) is 0 Å². The fraction of sp³-hybridized carbons (Fsp3) is 0.222. The first-order valence-electron chi connectivity index (χ1n) is 7.27. The molecule has 22 heavy (non-hydrogen) atoms. The number of methoxy groups -OCH3 is 1. The van der Waals surface area contributed by atoms with Crippen LogP contribution >= 0.6 is 0 Å². The minimum absolute atomic E-state index is 0.232. The maximum Gasteiger partial charge on any atom is 0.356 e. The Balaban J connectivity index is 1.95. The van der Waals surface area contributed by atoms with Gasteiger partial charge in [0.1, 0.15) is 5.69 Å². The molecule has 0 fully saturated rings. The highest BCUT2D eigenvalue weighted by Gasteiger charge is 2.21. The van der Waals surface area contributed by atoms with Crippen molar-refractivity contribution in [1.82, 2.24) is 4.98 Å². The number of anilines is 1. The molecule has 0 saturated carbocycles. The Hall–Kier alpha value is -2.62. The minimum Gasteiger partial charge on any atom is -0.464 e. The van der Waals surface area contributed by atoms with Gasteiger partial charge in [-0.05, 0) is 18.6 Å². The molecule has 0 bridgehead atoms. The smallest absolute Gasteiger partial charge is 0.356 e. The van der Waals surface area contributed by atoms with Gasteiger partial charge < -0.3 is 9.64 Å². The molecule has 0 amide bonds. The van der Waals surface area contributed by atoms with E-state index in [1.54, 1.807) is 12.3 Å². The fourth-order valence-electron chi connectivity index (χ4n) is 2.72. The van der Waals surface area contributed by atoms with Crippen molar-refractivity contribution in [3.63, 3.8) is 0 Å². The molecule has 0 N–H and O–H groups in total. The lowest BCUT2D eigenvalue weighted by Gasteiger charge is -2.33. The van der Waals surface area contributed by atoms with Crippen LogP contribution in [-0.2, 0) is 4.74 Å². The summed E-state index contributed by atoms with van der Waals surface area (Å²) in [5.74, 6) is -0.413. The predicted molar refractivity (Wildman–Crippen MR) is 86.8 cm³/mol. The maximum atomic E-state index is 11.6. The number of carbonyl (C=O) groups excluding carboxylic acids is 1. The molecule has 112 valence electrons. The Kier molecular flexibility index (Phi) is 3.92. The molecular weight excluding hydrogens is 276 g/mol. The predicted octanol–water partition coefficient (Wildman–Crippen LogP) is 3.46. The van der Waals surface area contributed by atoms with Crippen LogP contribution in [0.15, 0.2) is 48.7 Å². The topological polar surface area (TPSA) is 42.4 Å². The average molecular weight is 294 g/mol. The van der Waals surface area contributed by atoms with E-state index in [4.69, 9.17) is 4.74 Å². The second kappa shape index (κ2) is 6.02. The summed E-state index contributed by atoms with van der Waals surface area (Å²) in [5.41, 5.74) is 3.61. The quantitative estimate of drug-likeness (QED) is 0.813. The summed E-state index contributed by atoms with van der Waals surface area (Å²) in [4.78, 5) is 18.1. The molecule has 4 heteroatoms. The number of aromatic nitrogens is 1. The highest BCUT2D eigenvalue weighted by atomic mass is 16.5. The summed E-state index contributed by atoms with van der Waals surface area (Å²) in [6, 6.07) is 12.4. The largest absolute Gasteiger partial charge is 0.464 e. The van der Waals surface area contributed by atoms with E-state index in [1.807, 2.05) is 24.3 Å². The van der Waals surface area contributed by atoms with Crippen LogP contribution in [0.4, 0.5) is 5.69 Å². The zero-order chi connectivity index (χ0) is 15.5. The SMILES string of the molecule is COC(=O)c1cc2c(cn1)N(C(C)c1ccccc1)CC=C2. The lowest BCUT2D eigenvalue weighted by molar-refractivity contribution is 0.0594. The van der Waals surface area contributed by atoms with E-state index >= 15 is 0 Å². The molecule has 1 aromatic heterocycles. The first-order valence-corrected chi connectivity index (χ1v) is 7.27. The summed E-state index contributed by atoms with van der Waals surface area (Å²) in [7, 11) is 1.36. The van der Waals surface area contributed by atoms with Crippen molar-refractivity contribution >= 4 is 17.7 Å². The van der Waals surface area contributed by atoms with Gasteiger partial charge in [0.2, 0.25) is 0 Å². The van der Waals surface area contributed by atoms with Gasteiger partial charge in [-0.3, -0.25) is 0 Å². The normalized spacial score (nSPS) is 14.4. The van der Waals surface area contributed by atoms with E-state index < -0.39 is 5.97 Å². The summed E-state index contributed by atoms with van der Waals surface area (Å²) >= 11 is 0. The van der Waals surface area contributed by atoms with E-state index in [-0.39, 0.29) is 6.04 Å². The van der Waals surface area contributed by atoms with E-state index in [2.05, 4.69) is 35.0 Å². The van der Waals surface area contributed by atoms with Crippen molar-refractivity contribution in [1.29, 1.82) is 0 Å². The number of nitrogens with zero attached hydrogens (tertiary/aromatic N) is 2. The number of carbonyl (C=O) groups is 1. The van der Waals surface area contributed by atoms with Crippen LogP contribution in [0, 0.1) is 0 Å². The van der Waals surface area contributed by atoms with Crippen molar-refractivity contribution < 1.29 is 9.53 Å². The van der Waals surface area contributed by atoms with E-state index in [9.17, 15) is 4.79 Å². The second-order valence-electron chi connectivity index (χ2n) is 5.26. The number of benzene rings is 1. The van der Waals surface area contributed by atoms with Crippen molar-refractivity contribution in [3.05, 3.63) is 65.5 Å². The summed E-state index contributed by atoms with van der Waals surface area (Å²) in [5, 5.41) is 0. The molecule has 2 heterocycles. The Morgan fingerprint density at radius 1 is 1.32 bits per heavy atom. The Morgan fingerprint density at radius 3 is 2.82 bits per heavy atom. The van der Waals surface area contributed by atoms with Crippen LogP contribution in [0.1, 0.15) is 34.6 Å². The van der Waals surface area contributed by atoms with Crippen molar-refractivity contribution in [2.45, 2.75) is 13.0 Å². The minimum atomic E-state index is -0.413. The fourth-order valence-corrected chi connectivity index (χ4v) is 2.72. The number of pyridine rings is 1. The van der Waals surface area contributed by atoms with Crippen LogP contribution in [0.5, 0.6) is 0 Å². The van der Waals surface area contributed by atoms with Gasteiger partial charge in [-0.2, -0.15) is 0 Å². The van der Waals surface area contributed by atoms with E-state index in [0.717, 1.165) is 17.8 Å². The summed E-state index contributed by atoms with van der Waals surface area (Å²) in [6.45, 7) is 2.99. The molecular formula is C18H18N2O2. The van der Waals surface area contributed by atoms with Crippen LogP contribution in [0.3, 0.4) is 0 Å². The van der Waals surface area contributed by atoms with Gasteiger partial charge in [0, 0.05) is 12.1 Å². The standard InChI is InChI=1S/C18H18N2O2/c1-13(14-7-4-3-5-8-14)20-10-6-9-15-11-16(18(21)22-2)19-12-17(15)20/h3-9,11-13H,10H2,1-2H3. The zero-order valence-corrected chi connectivity index (χ0v) is 12.7. The number of fused-ring (bicyclic) bond motifs is 1. The average Bonchev–Trinajstić information content (AvgIpc) is 2.60. The van der Waals surface area contributed by atoms with Gasteiger partial charge in [0.05, 0.1) is 25.0 Å². The van der Waals surface area contributed by atoms with Gasteiger partial charge in [-0.1, -0.05) is 42.5 Å². The number of esters is 1. The Labute approximate surface area is 130 Å². The molecule has 1 unspecified atom stereocenters. The lowest BCUT2D eigenvalue weighted by atomic mass is 10.0. The van der Waals surface area contributed by atoms with Crippen molar-refractivity contribution in [3.8, 4) is 0 Å². The van der Waals surface area contributed by atoms with Crippen LogP contribution in [-0.4, -0.2) is 24.6 Å². The van der Waals surface area contributed by atoms with E-state index in [1.165, 1.54) is 12.7 Å². The highest BCUT2D eigenvalue weighted by molar-refractivity contribution is 5.89. The molecule has 2 aromatic rings. The monoisotopic (exact) mass is 294 g/mol.